The molecule has 2 aromatic heterocycles. The summed E-state index contributed by atoms with van der Waals surface area (Å²) in [5, 5.41) is 0.700. The predicted molar refractivity (Wildman–Crippen MR) is 137 cm³/mol. The normalized spacial score (nSPS) is 19.5. The van der Waals surface area contributed by atoms with E-state index in [-0.39, 0.29) is 5.92 Å². The van der Waals surface area contributed by atoms with Crippen molar-refractivity contribution in [3.05, 3.63) is 88.2 Å². The Morgan fingerprint density at radius 1 is 1.21 bits per heavy atom. The zero-order valence-electron chi connectivity index (χ0n) is 19.0. The van der Waals surface area contributed by atoms with E-state index in [4.69, 9.17) is 16.6 Å². The Balaban J connectivity index is 1.54. The van der Waals surface area contributed by atoms with Crippen molar-refractivity contribution in [2.45, 2.75) is 25.2 Å². The van der Waals surface area contributed by atoms with Crippen molar-refractivity contribution in [3.8, 4) is 0 Å². The SMILES string of the molecule is CS(=O)(=O)N1CCC(C2c3ccc(Cl)cc3C=C(C/C=C/c3c[nH]cn3)c3cccnc32)CC1. The highest BCUT2D eigenvalue weighted by Gasteiger charge is 2.35. The van der Waals surface area contributed by atoms with Crippen LogP contribution in [0.25, 0.3) is 17.7 Å². The van der Waals surface area contributed by atoms with E-state index in [1.165, 1.54) is 17.4 Å². The van der Waals surface area contributed by atoms with Gasteiger partial charge in [-0.1, -0.05) is 35.9 Å². The van der Waals surface area contributed by atoms with Crippen molar-refractivity contribution in [1.29, 1.82) is 0 Å². The average molecular weight is 495 g/mol. The van der Waals surface area contributed by atoms with Crippen LogP contribution in [0.2, 0.25) is 5.02 Å². The molecule has 6 nitrogen and oxygen atoms in total. The minimum absolute atomic E-state index is 0.0780. The van der Waals surface area contributed by atoms with Crippen LogP contribution in [0.3, 0.4) is 0 Å². The molecule has 34 heavy (non-hydrogen) atoms. The number of benzene rings is 1. The molecular weight excluding hydrogens is 468 g/mol. The summed E-state index contributed by atoms with van der Waals surface area (Å²) in [5.41, 5.74) is 6.56. The van der Waals surface area contributed by atoms with Crippen LogP contribution >= 0.6 is 11.6 Å². The van der Waals surface area contributed by atoms with E-state index in [0.717, 1.165) is 41.8 Å². The van der Waals surface area contributed by atoms with Crippen molar-refractivity contribution in [1.82, 2.24) is 19.3 Å². The Morgan fingerprint density at radius 3 is 2.76 bits per heavy atom. The Kier molecular flexibility index (Phi) is 6.42. The lowest BCUT2D eigenvalue weighted by Gasteiger charge is -2.35. The van der Waals surface area contributed by atoms with Crippen LogP contribution in [0, 0.1) is 5.92 Å². The van der Waals surface area contributed by atoms with Gasteiger partial charge in [0.05, 0.1) is 24.0 Å². The van der Waals surface area contributed by atoms with Crippen molar-refractivity contribution < 1.29 is 8.42 Å². The number of sulfonamides is 1. The monoisotopic (exact) mass is 494 g/mol. The molecule has 8 heteroatoms. The minimum Gasteiger partial charge on any atom is -0.351 e. The van der Waals surface area contributed by atoms with Gasteiger partial charge in [0.25, 0.3) is 0 Å². The first-order valence-corrected chi connectivity index (χ1v) is 13.7. The minimum atomic E-state index is -3.18. The van der Waals surface area contributed by atoms with Gasteiger partial charge in [-0.05, 0) is 66.2 Å². The van der Waals surface area contributed by atoms with Crippen LogP contribution in [0.4, 0.5) is 0 Å². The Labute approximate surface area is 205 Å². The van der Waals surface area contributed by atoms with E-state index in [1.54, 1.807) is 10.6 Å². The van der Waals surface area contributed by atoms with Gasteiger partial charge in [-0.15, -0.1) is 0 Å². The second-order valence-corrected chi connectivity index (χ2v) is 11.4. The largest absolute Gasteiger partial charge is 0.351 e. The Morgan fingerprint density at radius 2 is 2.03 bits per heavy atom. The van der Waals surface area contributed by atoms with Crippen LogP contribution < -0.4 is 0 Å². The van der Waals surface area contributed by atoms with E-state index >= 15 is 0 Å². The third-order valence-corrected chi connectivity index (χ3v) is 8.32. The number of halogens is 1. The number of nitrogens with zero attached hydrogens (tertiary/aromatic N) is 3. The molecule has 3 heterocycles. The van der Waals surface area contributed by atoms with Gasteiger partial charge in [-0.3, -0.25) is 4.98 Å². The molecule has 1 unspecified atom stereocenters. The maximum absolute atomic E-state index is 12.1. The molecule has 0 amide bonds. The number of nitrogens with one attached hydrogen (secondary N) is 1. The Bertz CT molecular complexity index is 1340. The summed E-state index contributed by atoms with van der Waals surface area (Å²) >= 11 is 6.42. The summed E-state index contributed by atoms with van der Waals surface area (Å²) in [6.45, 7) is 1.08. The van der Waals surface area contributed by atoms with Crippen molar-refractivity contribution in [3.63, 3.8) is 0 Å². The molecule has 1 saturated heterocycles. The quantitative estimate of drug-likeness (QED) is 0.527. The lowest BCUT2D eigenvalue weighted by Crippen LogP contribution is -2.39. The maximum Gasteiger partial charge on any atom is 0.211 e. The fourth-order valence-corrected chi connectivity index (χ4v) is 6.21. The van der Waals surface area contributed by atoms with Gasteiger partial charge >= 0.3 is 0 Å². The molecule has 1 N–H and O–H groups in total. The first kappa shape index (κ1) is 23.0. The zero-order chi connectivity index (χ0) is 23.7. The number of allylic oxidation sites excluding steroid dienone is 2. The number of rotatable bonds is 5. The second-order valence-electron chi connectivity index (χ2n) is 8.96. The molecule has 0 radical (unpaired) electrons. The van der Waals surface area contributed by atoms with Crippen molar-refractivity contribution in [2.24, 2.45) is 5.92 Å². The highest BCUT2D eigenvalue weighted by molar-refractivity contribution is 7.88. The number of piperidine rings is 1. The molecule has 2 aliphatic rings. The summed E-state index contributed by atoms with van der Waals surface area (Å²) in [6.07, 6.45) is 15.4. The summed E-state index contributed by atoms with van der Waals surface area (Å²) < 4.78 is 25.7. The highest BCUT2D eigenvalue weighted by Crippen LogP contribution is 2.45. The second kappa shape index (κ2) is 9.49. The number of H-pyrrole nitrogens is 1. The third kappa shape index (κ3) is 4.73. The lowest BCUT2D eigenvalue weighted by atomic mass is 9.76. The van der Waals surface area contributed by atoms with E-state index in [0.29, 0.717) is 24.0 Å². The number of aromatic nitrogens is 3. The summed E-state index contributed by atoms with van der Waals surface area (Å²) in [5.74, 6) is 0.369. The van der Waals surface area contributed by atoms with E-state index < -0.39 is 10.0 Å². The standard InChI is InChI=1S/C26H27ClN4O2S/c1-34(32,33)31-12-9-18(10-13-31)25-23-8-7-21(27)15-20(23)14-19(24-6-3-11-29-26(24)25)4-2-5-22-16-28-17-30-22/h2-3,5-8,11,14-18,25H,4,9-10,12-13H2,1H3,(H,28,30)/b5-2+. The molecule has 0 bridgehead atoms. The number of fused-ring (bicyclic) bond motifs is 2. The first-order valence-electron chi connectivity index (χ1n) is 11.5. The number of pyridine rings is 1. The van der Waals surface area contributed by atoms with Gasteiger partial charge in [0.15, 0.2) is 0 Å². The van der Waals surface area contributed by atoms with E-state index in [1.807, 2.05) is 36.7 Å². The number of aromatic amines is 1. The topological polar surface area (TPSA) is 79.0 Å². The molecule has 1 atom stereocenters. The number of hydrogen-bond acceptors (Lipinski definition) is 4. The van der Waals surface area contributed by atoms with E-state index in [2.05, 4.69) is 34.3 Å². The van der Waals surface area contributed by atoms with Gasteiger partial charge in [-0.25, -0.2) is 17.7 Å². The molecular formula is C26H27ClN4O2S. The molecule has 0 saturated carbocycles. The lowest BCUT2D eigenvalue weighted by molar-refractivity contribution is 0.256. The maximum atomic E-state index is 12.1. The van der Waals surface area contributed by atoms with Crippen LogP contribution in [0.5, 0.6) is 0 Å². The first-order chi connectivity index (χ1) is 16.4. The highest BCUT2D eigenvalue weighted by atomic mass is 35.5. The molecule has 1 aliphatic heterocycles. The van der Waals surface area contributed by atoms with Crippen LogP contribution in [0.1, 0.15) is 53.3 Å². The van der Waals surface area contributed by atoms with E-state index in [9.17, 15) is 8.42 Å². The fourth-order valence-electron chi connectivity index (χ4n) is 5.16. The van der Waals surface area contributed by atoms with Crippen LogP contribution in [-0.2, 0) is 10.0 Å². The number of imidazole rings is 1. The molecule has 1 aliphatic carbocycles. The van der Waals surface area contributed by atoms with Gasteiger partial charge in [0.2, 0.25) is 10.0 Å². The third-order valence-electron chi connectivity index (χ3n) is 6.78. The summed E-state index contributed by atoms with van der Waals surface area (Å²) in [4.78, 5) is 12.1. The number of hydrogen-bond donors (Lipinski definition) is 1. The molecule has 0 spiro atoms. The zero-order valence-corrected chi connectivity index (χ0v) is 20.6. The average Bonchev–Trinajstić information content (AvgIpc) is 3.29. The smallest absolute Gasteiger partial charge is 0.211 e. The molecule has 5 rings (SSSR count). The van der Waals surface area contributed by atoms with Crippen LogP contribution in [0.15, 0.2) is 55.1 Å². The predicted octanol–water partition coefficient (Wildman–Crippen LogP) is 5.22. The van der Waals surface area contributed by atoms with Crippen molar-refractivity contribution in [2.75, 3.05) is 19.3 Å². The molecule has 3 aromatic rings. The molecule has 1 fully saturated rings. The van der Waals surface area contributed by atoms with Gasteiger partial charge in [-0.2, -0.15) is 0 Å². The summed E-state index contributed by atoms with van der Waals surface area (Å²) in [7, 11) is -3.18. The summed E-state index contributed by atoms with van der Waals surface area (Å²) in [6, 6.07) is 10.2. The van der Waals surface area contributed by atoms with Gasteiger partial charge in [0.1, 0.15) is 0 Å². The molecule has 176 valence electrons. The van der Waals surface area contributed by atoms with Gasteiger partial charge < -0.3 is 4.98 Å². The molecule has 1 aromatic carbocycles. The van der Waals surface area contributed by atoms with Gasteiger partial charge in [0, 0.05) is 42.0 Å². The van der Waals surface area contributed by atoms with Crippen molar-refractivity contribution >= 4 is 39.3 Å². The Hall–Kier alpha value is -2.74. The van der Waals surface area contributed by atoms with Crippen LogP contribution in [-0.4, -0.2) is 47.0 Å². The fraction of sp³-hybridized carbons (Fsp3) is 0.308.